The third-order valence-electron chi connectivity index (χ3n) is 5.61. The number of nitrogens with one attached hydrogen (secondary N) is 1. The van der Waals surface area contributed by atoms with E-state index in [4.69, 9.17) is 4.52 Å². The van der Waals surface area contributed by atoms with Gasteiger partial charge < -0.3 is 9.84 Å². The maximum atomic E-state index is 13.4. The van der Waals surface area contributed by atoms with Crippen LogP contribution < -0.4 is 5.32 Å². The van der Waals surface area contributed by atoms with Crippen molar-refractivity contribution in [1.82, 2.24) is 10.1 Å². The van der Waals surface area contributed by atoms with Gasteiger partial charge in [0.1, 0.15) is 11.1 Å². The molecule has 0 saturated carbocycles. The Kier molecular flexibility index (Phi) is 7.78. The number of nitrogens with zero attached hydrogens (tertiary/aromatic N) is 3. The first-order valence-corrected chi connectivity index (χ1v) is 11.6. The van der Waals surface area contributed by atoms with E-state index in [0.29, 0.717) is 29.3 Å². The lowest BCUT2D eigenvalue weighted by molar-refractivity contribution is -0.143. The Morgan fingerprint density at radius 2 is 1.83 bits per heavy atom. The van der Waals surface area contributed by atoms with E-state index in [1.54, 1.807) is 6.92 Å². The second-order valence-electron chi connectivity index (χ2n) is 7.93. The number of nitriles is 1. The first-order valence-electron chi connectivity index (χ1n) is 10.7. The number of rotatable bonds is 7. The average Bonchev–Trinajstić information content (AvgIpc) is 3.37. The van der Waals surface area contributed by atoms with E-state index in [0.717, 1.165) is 17.4 Å². The number of aromatic nitrogens is 2. The van der Waals surface area contributed by atoms with Gasteiger partial charge in [0.05, 0.1) is 21.6 Å². The van der Waals surface area contributed by atoms with E-state index < -0.39 is 35.5 Å². The highest BCUT2D eigenvalue weighted by Gasteiger charge is 2.38. The number of benzene rings is 1. The monoisotopic (exact) mass is 530 g/mol. The van der Waals surface area contributed by atoms with Crippen molar-refractivity contribution in [2.75, 3.05) is 5.32 Å². The summed E-state index contributed by atoms with van der Waals surface area (Å²) in [5.41, 5.74) is -2.71. The molecule has 0 fully saturated rings. The predicted octanol–water partition coefficient (Wildman–Crippen LogP) is 6.98. The topological polar surface area (TPSA) is 91.8 Å². The minimum absolute atomic E-state index is 0.0494. The number of amides is 1. The van der Waals surface area contributed by atoms with Crippen LogP contribution in [0, 0.1) is 24.2 Å². The van der Waals surface area contributed by atoms with Crippen LogP contribution in [0.5, 0.6) is 0 Å². The van der Waals surface area contributed by atoms with Gasteiger partial charge in [-0.1, -0.05) is 25.1 Å². The molecule has 1 amide bonds. The zero-order valence-electron chi connectivity index (χ0n) is 19.3. The molecule has 0 saturated heterocycles. The van der Waals surface area contributed by atoms with Gasteiger partial charge in [0.2, 0.25) is 5.91 Å². The Hall–Kier alpha value is -3.40. The molecule has 0 aliphatic heterocycles. The summed E-state index contributed by atoms with van der Waals surface area (Å²) in [7, 11) is 0. The summed E-state index contributed by atoms with van der Waals surface area (Å²) < 4.78 is 84.3. The standard InChI is InChI=1S/C23H20F6N4O2S/c1-4-12(5-2)19(34)32-21-15(10-30)11(3)18(36-21)20-31-17(33-35-20)8-13-6-7-14(22(24,25)26)9-16(13)23(27,28)29/h6-7,9,12H,4-5,8H2,1-3H3,(H,32,34). The average molecular weight is 530 g/mol. The molecule has 0 radical (unpaired) electrons. The Bertz CT molecular complexity index is 1300. The van der Waals surface area contributed by atoms with Crippen molar-refractivity contribution in [2.24, 2.45) is 5.92 Å². The van der Waals surface area contributed by atoms with Crippen LogP contribution in [0.1, 0.15) is 60.3 Å². The van der Waals surface area contributed by atoms with Crippen LogP contribution >= 0.6 is 11.3 Å². The van der Waals surface area contributed by atoms with E-state index >= 15 is 0 Å². The first-order chi connectivity index (χ1) is 16.8. The minimum atomic E-state index is -5.03. The van der Waals surface area contributed by atoms with Gasteiger partial charge >= 0.3 is 12.4 Å². The fourth-order valence-electron chi connectivity index (χ4n) is 3.57. The molecule has 0 unspecified atom stereocenters. The molecular weight excluding hydrogens is 510 g/mol. The molecule has 2 heterocycles. The van der Waals surface area contributed by atoms with Crippen LogP contribution in [0.25, 0.3) is 10.8 Å². The molecule has 0 aliphatic carbocycles. The molecule has 3 rings (SSSR count). The van der Waals surface area contributed by atoms with Crippen molar-refractivity contribution >= 4 is 22.2 Å². The molecule has 0 bridgehead atoms. The zero-order valence-corrected chi connectivity index (χ0v) is 20.1. The second-order valence-corrected chi connectivity index (χ2v) is 8.96. The smallest absolute Gasteiger partial charge is 0.333 e. The summed E-state index contributed by atoms with van der Waals surface area (Å²) in [6, 6.07) is 3.35. The third kappa shape index (κ3) is 5.70. The van der Waals surface area contributed by atoms with Crippen LogP contribution in [0.3, 0.4) is 0 Å². The molecule has 6 nitrogen and oxygen atoms in total. The number of hydrogen-bond acceptors (Lipinski definition) is 6. The van der Waals surface area contributed by atoms with Crippen molar-refractivity contribution in [1.29, 1.82) is 5.26 Å². The highest BCUT2D eigenvalue weighted by atomic mass is 32.1. The zero-order chi connectivity index (χ0) is 26.8. The van der Waals surface area contributed by atoms with Gasteiger partial charge in [-0.15, -0.1) is 11.3 Å². The predicted molar refractivity (Wildman–Crippen MR) is 119 cm³/mol. The summed E-state index contributed by atoms with van der Waals surface area (Å²) in [6.45, 7) is 5.33. The van der Waals surface area contributed by atoms with Crippen LogP contribution in [0.4, 0.5) is 31.3 Å². The quantitative estimate of drug-likeness (QED) is 0.333. The highest BCUT2D eigenvalue weighted by Crippen LogP contribution is 2.40. The number of thiophene rings is 1. The number of alkyl halides is 6. The van der Waals surface area contributed by atoms with Crippen molar-refractivity contribution in [3.05, 3.63) is 51.8 Å². The maximum Gasteiger partial charge on any atom is 0.416 e. The number of carbonyl (C=O) groups is 1. The largest absolute Gasteiger partial charge is 0.416 e. The summed E-state index contributed by atoms with van der Waals surface area (Å²) in [5, 5.41) is 16.2. The molecule has 1 N–H and O–H groups in total. The molecular formula is C23H20F6N4O2S. The minimum Gasteiger partial charge on any atom is -0.333 e. The molecule has 0 spiro atoms. The number of hydrogen-bond donors (Lipinski definition) is 1. The molecule has 2 aromatic heterocycles. The fraction of sp³-hybridized carbons (Fsp3) is 0.391. The van der Waals surface area contributed by atoms with Crippen molar-refractivity contribution in [3.63, 3.8) is 0 Å². The Balaban J connectivity index is 1.93. The molecule has 0 aliphatic rings. The highest BCUT2D eigenvalue weighted by molar-refractivity contribution is 7.20. The van der Waals surface area contributed by atoms with E-state index in [1.807, 2.05) is 19.9 Å². The van der Waals surface area contributed by atoms with Gasteiger partial charge in [0, 0.05) is 12.3 Å². The number of carbonyl (C=O) groups excluding carboxylic acids is 1. The van der Waals surface area contributed by atoms with Crippen molar-refractivity contribution in [3.8, 4) is 16.8 Å². The van der Waals surface area contributed by atoms with E-state index in [-0.39, 0.29) is 40.2 Å². The summed E-state index contributed by atoms with van der Waals surface area (Å²) in [5.74, 6) is -0.779. The summed E-state index contributed by atoms with van der Waals surface area (Å²) in [6.07, 6.45) is -9.29. The summed E-state index contributed by atoms with van der Waals surface area (Å²) >= 11 is 1.01. The summed E-state index contributed by atoms with van der Waals surface area (Å²) in [4.78, 5) is 16.9. The van der Waals surface area contributed by atoms with E-state index in [1.165, 1.54) is 0 Å². The van der Waals surface area contributed by atoms with Crippen LogP contribution in [0.2, 0.25) is 0 Å². The molecule has 36 heavy (non-hydrogen) atoms. The van der Waals surface area contributed by atoms with Crippen LogP contribution in [-0.4, -0.2) is 16.0 Å². The second kappa shape index (κ2) is 10.3. The van der Waals surface area contributed by atoms with Gasteiger partial charge in [-0.05, 0) is 43.0 Å². The molecule has 3 aromatic rings. The number of halogens is 6. The van der Waals surface area contributed by atoms with Crippen molar-refractivity contribution < 1.29 is 35.7 Å². The normalized spacial score (nSPS) is 12.1. The Labute approximate surface area is 205 Å². The number of anilines is 1. The van der Waals surface area contributed by atoms with Gasteiger partial charge in [0.25, 0.3) is 5.89 Å². The lowest BCUT2D eigenvalue weighted by Gasteiger charge is -2.15. The Morgan fingerprint density at radius 1 is 1.17 bits per heavy atom. The Morgan fingerprint density at radius 3 is 2.39 bits per heavy atom. The van der Waals surface area contributed by atoms with Crippen LogP contribution in [-0.2, 0) is 23.6 Å². The van der Waals surface area contributed by atoms with E-state index in [9.17, 15) is 36.4 Å². The first kappa shape index (κ1) is 27.2. The SMILES string of the molecule is CCC(CC)C(=O)Nc1sc(-c2nc(Cc3ccc(C(F)(F)F)cc3C(F)(F)F)no2)c(C)c1C#N. The maximum absolute atomic E-state index is 13.4. The van der Waals surface area contributed by atoms with Gasteiger partial charge in [-0.2, -0.15) is 36.6 Å². The van der Waals surface area contributed by atoms with Crippen molar-refractivity contribution in [2.45, 2.75) is 52.4 Å². The lowest BCUT2D eigenvalue weighted by Crippen LogP contribution is -2.21. The lowest BCUT2D eigenvalue weighted by atomic mass is 10.0. The molecule has 13 heteroatoms. The molecule has 192 valence electrons. The van der Waals surface area contributed by atoms with Gasteiger partial charge in [0.15, 0.2) is 5.82 Å². The molecule has 0 atom stereocenters. The third-order valence-corrected chi connectivity index (χ3v) is 6.80. The van der Waals surface area contributed by atoms with Crippen LogP contribution in [0.15, 0.2) is 22.7 Å². The van der Waals surface area contributed by atoms with Gasteiger partial charge in [-0.3, -0.25) is 4.79 Å². The molecule has 1 aromatic carbocycles. The fourth-order valence-corrected chi connectivity index (χ4v) is 4.65. The van der Waals surface area contributed by atoms with Gasteiger partial charge in [-0.25, -0.2) is 0 Å². The van der Waals surface area contributed by atoms with E-state index in [2.05, 4.69) is 15.5 Å².